The van der Waals surface area contributed by atoms with Gasteiger partial charge in [0.25, 0.3) is 5.91 Å². The molecule has 1 N–H and O–H groups in total. The number of halogens is 1. The highest BCUT2D eigenvalue weighted by atomic mass is 19.1. The second-order valence-corrected chi connectivity index (χ2v) is 7.15. The smallest absolute Gasteiger partial charge is 0.252 e. The summed E-state index contributed by atoms with van der Waals surface area (Å²) >= 11 is 0. The molecular weight excluding hydrogens is 345 g/mol. The molecule has 0 bridgehead atoms. The summed E-state index contributed by atoms with van der Waals surface area (Å²) in [5.74, 6) is -0.406. The fraction of sp³-hybridized carbons (Fsp3) is 0.333. The number of hydrogen-bond donors (Lipinski definition) is 1. The summed E-state index contributed by atoms with van der Waals surface area (Å²) < 4.78 is 21.1. The Bertz CT molecular complexity index is 976. The number of carbonyl (C=O) groups is 1. The molecule has 3 aromatic rings. The normalized spacial score (nSPS) is 16.4. The lowest BCUT2D eigenvalue weighted by atomic mass is 9.74. The van der Waals surface area contributed by atoms with Gasteiger partial charge in [-0.15, -0.1) is 0 Å². The van der Waals surface area contributed by atoms with E-state index in [-0.39, 0.29) is 17.1 Å². The molecule has 0 aliphatic carbocycles. The number of aryl methyl sites for hydroxylation is 1. The Morgan fingerprint density at radius 1 is 1.26 bits per heavy atom. The number of pyridine rings is 1. The van der Waals surface area contributed by atoms with Crippen molar-refractivity contribution in [2.45, 2.75) is 25.2 Å². The molecule has 1 amide bonds. The maximum atomic E-state index is 13.8. The summed E-state index contributed by atoms with van der Waals surface area (Å²) in [6.45, 7) is 3.57. The number of hydrogen-bond acceptors (Lipinski definition) is 3. The zero-order valence-electron chi connectivity index (χ0n) is 15.2. The summed E-state index contributed by atoms with van der Waals surface area (Å²) in [5.41, 5.74) is 2.88. The molecule has 2 aromatic heterocycles. The van der Waals surface area contributed by atoms with Crippen LogP contribution in [-0.2, 0) is 10.2 Å². The summed E-state index contributed by atoms with van der Waals surface area (Å²) in [6, 6.07) is 10.3. The SMILES string of the molecule is Cc1cn2cc(C(=O)NCC3(c4cccc(F)c4)CCOCC3)ccc2n1. The molecule has 0 radical (unpaired) electrons. The number of nitrogens with one attached hydrogen (secondary N) is 1. The molecule has 3 heterocycles. The van der Waals surface area contributed by atoms with E-state index in [1.807, 2.05) is 29.7 Å². The molecule has 0 unspecified atom stereocenters. The van der Waals surface area contributed by atoms with Gasteiger partial charge in [-0.25, -0.2) is 9.37 Å². The average molecular weight is 367 g/mol. The average Bonchev–Trinajstić information content (AvgIpc) is 3.06. The topological polar surface area (TPSA) is 55.6 Å². The van der Waals surface area contributed by atoms with E-state index in [0.717, 1.165) is 29.7 Å². The third-order valence-corrected chi connectivity index (χ3v) is 5.31. The Hall–Kier alpha value is -2.73. The highest BCUT2D eigenvalue weighted by Gasteiger charge is 2.35. The molecule has 4 rings (SSSR count). The van der Waals surface area contributed by atoms with Crippen LogP contribution in [-0.4, -0.2) is 35.1 Å². The standard InChI is InChI=1S/C21H22FN3O2/c1-15-12-25-13-16(5-6-19(25)24-15)20(26)23-14-21(7-9-27-10-8-21)17-3-2-4-18(22)11-17/h2-6,11-13H,7-10,14H2,1H3,(H,23,26). The van der Waals surface area contributed by atoms with E-state index in [2.05, 4.69) is 10.3 Å². The second-order valence-electron chi connectivity index (χ2n) is 7.15. The van der Waals surface area contributed by atoms with E-state index in [4.69, 9.17) is 4.74 Å². The van der Waals surface area contributed by atoms with Crippen LogP contribution in [0.3, 0.4) is 0 Å². The molecule has 1 saturated heterocycles. The molecule has 1 aliphatic rings. The molecule has 1 fully saturated rings. The fourth-order valence-corrected chi connectivity index (χ4v) is 3.75. The minimum atomic E-state index is -0.314. The Labute approximate surface area is 157 Å². The summed E-state index contributed by atoms with van der Waals surface area (Å²) in [6.07, 6.45) is 5.16. The van der Waals surface area contributed by atoms with Gasteiger partial charge in [-0.1, -0.05) is 12.1 Å². The first-order valence-corrected chi connectivity index (χ1v) is 9.13. The van der Waals surface area contributed by atoms with E-state index in [9.17, 15) is 9.18 Å². The number of benzene rings is 1. The molecule has 1 aromatic carbocycles. The van der Waals surface area contributed by atoms with Crippen LogP contribution in [0.25, 0.3) is 5.65 Å². The number of aromatic nitrogens is 2. The van der Waals surface area contributed by atoms with Crippen molar-refractivity contribution in [3.63, 3.8) is 0 Å². The van der Waals surface area contributed by atoms with Gasteiger partial charge in [0.15, 0.2) is 0 Å². The number of rotatable bonds is 4. The van der Waals surface area contributed by atoms with Crippen LogP contribution in [0.15, 0.2) is 48.8 Å². The molecule has 0 spiro atoms. The van der Waals surface area contributed by atoms with Gasteiger partial charge in [0.1, 0.15) is 11.5 Å². The van der Waals surface area contributed by atoms with Gasteiger partial charge >= 0.3 is 0 Å². The molecule has 27 heavy (non-hydrogen) atoms. The van der Waals surface area contributed by atoms with Gasteiger partial charge in [-0.2, -0.15) is 0 Å². The van der Waals surface area contributed by atoms with Gasteiger partial charge in [0, 0.05) is 37.6 Å². The Balaban J connectivity index is 1.55. The Morgan fingerprint density at radius 2 is 2.07 bits per heavy atom. The van der Waals surface area contributed by atoms with Crippen molar-refractivity contribution in [3.05, 3.63) is 71.4 Å². The quantitative estimate of drug-likeness (QED) is 0.770. The molecule has 0 atom stereocenters. The zero-order valence-corrected chi connectivity index (χ0v) is 15.2. The van der Waals surface area contributed by atoms with E-state index in [1.54, 1.807) is 24.4 Å². The fourth-order valence-electron chi connectivity index (χ4n) is 3.75. The van der Waals surface area contributed by atoms with Gasteiger partial charge in [0.2, 0.25) is 0 Å². The van der Waals surface area contributed by atoms with E-state index in [1.165, 1.54) is 6.07 Å². The number of imidazole rings is 1. The predicted octanol–water partition coefficient (Wildman–Crippen LogP) is 3.26. The van der Waals surface area contributed by atoms with Gasteiger partial charge in [-0.3, -0.25) is 4.79 Å². The van der Waals surface area contributed by atoms with Crippen LogP contribution in [0.5, 0.6) is 0 Å². The molecule has 1 aliphatic heterocycles. The van der Waals surface area contributed by atoms with Crippen LogP contribution >= 0.6 is 0 Å². The first kappa shape index (κ1) is 17.7. The molecule has 140 valence electrons. The molecule has 6 heteroatoms. The van der Waals surface area contributed by atoms with Crippen molar-refractivity contribution >= 4 is 11.6 Å². The third kappa shape index (κ3) is 3.57. The Morgan fingerprint density at radius 3 is 2.85 bits per heavy atom. The highest BCUT2D eigenvalue weighted by Crippen LogP contribution is 2.34. The monoisotopic (exact) mass is 367 g/mol. The number of carbonyl (C=O) groups excluding carboxylic acids is 1. The van der Waals surface area contributed by atoms with Crippen molar-refractivity contribution in [2.75, 3.05) is 19.8 Å². The summed E-state index contributed by atoms with van der Waals surface area (Å²) in [4.78, 5) is 17.1. The van der Waals surface area contributed by atoms with Crippen molar-refractivity contribution in [2.24, 2.45) is 0 Å². The van der Waals surface area contributed by atoms with Crippen LogP contribution in [0.2, 0.25) is 0 Å². The minimum absolute atomic E-state index is 0.148. The largest absolute Gasteiger partial charge is 0.381 e. The number of nitrogens with zero attached hydrogens (tertiary/aromatic N) is 2. The summed E-state index contributed by atoms with van der Waals surface area (Å²) in [5, 5.41) is 3.05. The van der Waals surface area contributed by atoms with Crippen LogP contribution in [0.4, 0.5) is 4.39 Å². The van der Waals surface area contributed by atoms with Crippen LogP contribution < -0.4 is 5.32 Å². The van der Waals surface area contributed by atoms with E-state index >= 15 is 0 Å². The maximum Gasteiger partial charge on any atom is 0.252 e. The van der Waals surface area contributed by atoms with E-state index in [0.29, 0.717) is 25.3 Å². The highest BCUT2D eigenvalue weighted by molar-refractivity contribution is 5.94. The summed E-state index contributed by atoms with van der Waals surface area (Å²) in [7, 11) is 0. The third-order valence-electron chi connectivity index (χ3n) is 5.31. The van der Waals surface area contributed by atoms with Crippen molar-refractivity contribution < 1.29 is 13.9 Å². The van der Waals surface area contributed by atoms with Crippen molar-refractivity contribution in [1.82, 2.24) is 14.7 Å². The number of amides is 1. The number of ether oxygens (including phenoxy) is 1. The van der Waals surface area contributed by atoms with Gasteiger partial charge < -0.3 is 14.5 Å². The van der Waals surface area contributed by atoms with Gasteiger partial charge in [0.05, 0.1) is 11.3 Å². The Kier molecular flexibility index (Phi) is 4.66. The first-order valence-electron chi connectivity index (χ1n) is 9.13. The van der Waals surface area contributed by atoms with Crippen LogP contribution in [0.1, 0.15) is 34.5 Å². The zero-order chi connectivity index (χ0) is 18.9. The van der Waals surface area contributed by atoms with E-state index < -0.39 is 0 Å². The second kappa shape index (κ2) is 7.12. The lowest BCUT2D eigenvalue weighted by Gasteiger charge is -2.38. The maximum absolute atomic E-state index is 13.8. The first-order chi connectivity index (χ1) is 13.1. The van der Waals surface area contributed by atoms with Crippen molar-refractivity contribution in [3.8, 4) is 0 Å². The van der Waals surface area contributed by atoms with Gasteiger partial charge in [-0.05, 0) is 49.6 Å². The lowest BCUT2D eigenvalue weighted by Crippen LogP contribution is -2.44. The lowest BCUT2D eigenvalue weighted by molar-refractivity contribution is 0.0486. The number of fused-ring (bicyclic) bond motifs is 1. The molecule has 0 saturated carbocycles. The minimum Gasteiger partial charge on any atom is -0.381 e. The molecular formula is C21H22FN3O2. The van der Waals surface area contributed by atoms with Crippen molar-refractivity contribution in [1.29, 1.82) is 0 Å². The predicted molar refractivity (Wildman–Crippen MR) is 100 cm³/mol. The molecule has 5 nitrogen and oxygen atoms in total. The van der Waals surface area contributed by atoms with Crippen LogP contribution in [0, 0.1) is 12.7 Å².